The maximum Gasteiger partial charge on any atom is 0.390 e. The third-order valence-electron chi connectivity index (χ3n) is 5.85. The normalized spacial score (nSPS) is 22.6. The average molecular weight is 410 g/mol. The highest BCUT2D eigenvalue weighted by molar-refractivity contribution is 7.18. The summed E-state index contributed by atoms with van der Waals surface area (Å²) in [5, 5.41) is 1.13. The lowest BCUT2D eigenvalue weighted by molar-refractivity contribution is -0.138. The Balaban J connectivity index is 1.41. The first kappa shape index (κ1) is 19.8. The molecule has 7 heteroatoms. The van der Waals surface area contributed by atoms with Gasteiger partial charge in [-0.15, -0.1) is 11.3 Å². The molecular weight excluding hydrogens is 383 g/mol. The number of aliphatic imine (C=N–C) groups is 1. The van der Waals surface area contributed by atoms with Gasteiger partial charge in [0, 0.05) is 24.7 Å². The van der Waals surface area contributed by atoms with Gasteiger partial charge in [-0.2, -0.15) is 13.2 Å². The van der Waals surface area contributed by atoms with Crippen molar-refractivity contribution < 1.29 is 13.2 Å². The molecule has 1 aromatic heterocycles. The van der Waals surface area contributed by atoms with E-state index in [0.717, 1.165) is 49.4 Å². The number of rotatable bonds is 4. The molecule has 0 unspecified atom stereocenters. The second kappa shape index (κ2) is 8.11. The first-order valence-electron chi connectivity index (χ1n) is 10.1. The molecule has 0 N–H and O–H groups in total. The number of halogens is 3. The third-order valence-corrected chi connectivity index (χ3v) is 7.05. The van der Waals surface area contributed by atoms with Gasteiger partial charge >= 0.3 is 6.18 Å². The van der Waals surface area contributed by atoms with Gasteiger partial charge in [-0.3, -0.25) is 4.99 Å². The molecule has 2 aliphatic heterocycles. The molecule has 0 spiro atoms. The zero-order valence-electron chi connectivity index (χ0n) is 16.1. The molecule has 1 atom stereocenters. The summed E-state index contributed by atoms with van der Waals surface area (Å²) >= 11 is 1.73. The summed E-state index contributed by atoms with van der Waals surface area (Å²) in [6, 6.07) is 6.45. The SMILES string of the molecule is C[C@H]1CCC(c2ccc3sc(C4CCN(CCC(F)(F)F)CC4)nc3c2)=NC1. The van der Waals surface area contributed by atoms with Gasteiger partial charge in [0.2, 0.25) is 0 Å². The second-order valence-corrected chi connectivity index (χ2v) is 9.21. The van der Waals surface area contributed by atoms with E-state index in [1.165, 1.54) is 22.4 Å². The van der Waals surface area contributed by atoms with Crippen molar-refractivity contribution in [2.24, 2.45) is 10.9 Å². The van der Waals surface area contributed by atoms with Gasteiger partial charge in [-0.05, 0) is 62.4 Å². The van der Waals surface area contributed by atoms with E-state index in [1.54, 1.807) is 11.3 Å². The quantitative estimate of drug-likeness (QED) is 0.653. The number of aromatic nitrogens is 1. The van der Waals surface area contributed by atoms with Crippen molar-refractivity contribution in [3.05, 3.63) is 28.8 Å². The molecule has 0 bridgehead atoms. The third kappa shape index (κ3) is 4.74. The summed E-state index contributed by atoms with van der Waals surface area (Å²) < 4.78 is 38.4. The van der Waals surface area contributed by atoms with Gasteiger partial charge < -0.3 is 4.90 Å². The highest BCUT2D eigenvalue weighted by Gasteiger charge is 2.30. The van der Waals surface area contributed by atoms with Crippen molar-refractivity contribution in [3.8, 4) is 0 Å². The first-order chi connectivity index (χ1) is 13.4. The van der Waals surface area contributed by atoms with Crippen LogP contribution in [0, 0.1) is 5.92 Å². The van der Waals surface area contributed by atoms with Crippen LogP contribution in [0.15, 0.2) is 23.2 Å². The van der Waals surface area contributed by atoms with Crippen LogP contribution in [0.5, 0.6) is 0 Å². The van der Waals surface area contributed by atoms with E-state index < -0.39 is 12.6 Å². The molecule has 1 aromatic carbocycles. The number of hydrogen-bond acceptors (Lipinski definition) is 4. The van der Waals surface area contributed by atoms with Crippen LogP contribution in [0.25, 0.3) is 10.2 Å². The smallest absolute Gasteiger partial charge is 0.303 e. The summed E-state index contributed by atoms with van der Waals surface area (Å²) in [7, 11) is 0. The van der Waals surface area contributed by atoms with Crippen molar-refractivity contribution in [2.45, 2.75) is 51.1 Å². The van der Waals surface area contributed by atoms with E-state index in [2.05, 4.69) is 25.1 Å². The first-order valence-corrected chi connectivity index (χ1v) is 10.9. The Bertz CT molecular complexity index is 850. The average Bonchev–Trinajstić information content (AvgIpc) is 3.10. The molecule has 4 rings (SSSR count). The predicted octanol–water partition coefficient (Wildman–Crippen LogP) is 5.65. The van der Waals surface area contributed by atoms with Gasteiger partial charge in [0.25, 0.3) is 0 Å². The van der Waals surface area contributed by atoms with E-state index in [0.29, 0.717) is 11.8 Å². The minimum absolute atomic E-state index is 0.111. The molecule has 0 aliphatic carbocycles. The van der Waals surface area contributed by atoms with Crippen molar-refractivity contribution >= 4 is 27.3 Å². The van der Waals surface area contributed by atoms with E-state index in [-0.39, 0.29) is 6.54 Å². The van der Waals surface area contributed by atoms with Crippen LogP contribution in [0.2, 0.25) is 0 Å². The van der Waals surface area contributed by atoms with Crippen LogP contribution in [0.3, 0.4) is 0 Å². The predicted molar refractivity (Wildman–Crippen MR) is 109 cm³/mol. The van der Waals surface area contributed by atoms with Crippen LogP contribution in [0.4, 0.5) is 13.2 Å². The fourth-order valence-electron chi connectivity index (χ4n) is 4.04. The monoisotopic (exact) mass is 409 g/mol. The number of alkyl halides is 3. The van der Waals surface area contributed by atoms with Crippen molar-refractivity contribution in [3.63, 3.8) is 0 Å². The number of piperidine rings is 1. The molecule has 2 aromatic rings. The molecule has 3 heterocycles. The maximum absolute atomic E-state index is 12.4. The van der Waals surface area contributed by atoms with Crippen molar-refractivity contribution in [1.82, 2.24) is 9.88 Å². The molecule has 0 amide bonds. The number of fused-ring (bicyclic) bond motifs is 1. The molecule has 152 valence electrons. The zero-order chi connectivity index (χ0) is 19.7. The summed E-state index contributed by atoms with van der Waals surface area (Å²) in [4.78, 5) is 11.5. The van der Waals surface area contributed by atoms with Gasteiger partial charge in [0.1, 0.15) is 0 Å². The van der Waals surface area contributed by atoms with Crippen molar-refractivity contribution in [2.75, 3.05) is 26.2 Å². The van der Waals surface area contributed by atoms with E-state index in [9.17, 15) is 13.2 Å². The standard InChI is InChI=1S/C21H26F3N3S/c1-14-2-4-17(25-13-14)16-3-5-19-18(12-16)26-20(28-19)15-6-9-27(10-7-15)11-8-21(22,23)24/h3,5,12,14-15H,2,4,6-11,13H2,1H3/t14-/m0/s1. The van der Waals surface area contributed by atoms with Gasteiger partial charge in [-0.1, -0.05) is 13.0 Å². The maximum atomic E-state index is 12.4. The lowest BCUT2D eigenvalue weighted by Crippen LogP contribution is -2.35. The summed E-state index contributed by atoms with van der Waals surface area (Å²) in [5.41, 5.74) is 3.39. The minimum Gasteiger partial charge on any atom is -0.303 e. The number of benzene rings is 1. The van der Waals surface area contributed by atoms with Crippen LogP contribution in [0.1, 0.15) is 55.5 Å². The van der Waals surface area contributed by atoms with E-state index >= 15 is 0 Å². The van der Waals surface area contributed by atoms with Gasteiger partial charge in [-0.25, -0.2) is 4.98 Å². The lowest BCUT2D eigenvalue weighted by atomic mass is 9.96. The summed E-state index contributed by atoms with van der Waals surface area (Å²) in [6.07, 6.45) is -0.803. The molecule has 1 saturated heterocycles. The van der Waals surface area contributed by atoms with Crippen LogP contribution in [-0.4, -0.2) is 48.0 Å². The molecule has 0 radical (unpaired) electrons. The highest BCUT2D eigenvalue weighted by Crippen LogP contribution is 2.35. The minimum atomic E-state index is -4.07. The topological polar surface area (TPSA) is 28.5 Å². The Morgan fingerprint density at radius 3 is 2.64 bits per heavy atom. The number of thiazole rings is 1. The van der Waals surface area contributed by atoms with Gasteiger partial charge in [0.05, 0.1) is 21.6 Å². The number of hydrogen-bond donors (Lipinski definition) is 0. The molecule has 0 saturated carbocycles. The largest absolute Gasteiger partial charge is 0.390 e. The van der Waals surface area contributed by atoms with Crippen LogP contribution >= 0.6 is 11.3 Å². The number of likely N-dealkylation sites (tertiary alicyclic amines) is 1. The fraction of sp³-hybridized carbons (Fsp3) is 0.619. The van der Waals surface area contributed by atoms with Gasteiger partial charge in [0.15, 0.2) is 0 Å². The zero-order valence-corrected chi connectivity index (χ0v) is 17.0. The van der Waals surface area contributed by atoms with E-state index in [1.807, 2.05) is 4.90 Å². The molecule has 1 fully saturated rings. The molecular formula is C21H26F3N3S. The Hall–Kier alpha value is -1.47. The van der Waals surface area contributed by atoms with Crippen LogP contribution in [-0.2, 0) is 0 Å². The molecule has 28 heavy (non-hydrogen) atoms. The lowest BCUT2D eigenvalue weighted by Gasteiger charge is -2.31. The van der Waals surface area contributed by atoms with Crippen LogP contribution < -0.4 is 0 Å². The second-order valence-electron chi connectivity index (χ2n) is 8.15. The summed E-state index contributed by atoms with van der Waals surface area (Å²) in [5.74, 6) is 1.02. The van der Waals surface area contributed by atoms with Crippen molar-refractivity contribution in [1.29, 1.82) is 0 Å². The Kier molecular flexibility index (Phi) is 5.74. The fourth-order valence-corrected chi connectivity index (χ4v) is 5.16. The molecule has 2 aliphatic rings. The van der Waals surface area contributed by atoms with E-state index in [4.69, 9.17) is 9.98 Å². The Labute approximate surface area is 167 Å². The highest BCUT2D eigenvalue weighted by atomic mass is 32.1. The Morgan fingerprint density at radius 1 is 1.18 bits per heavy atom. The Morgan fingerprint density at radius 2 is 1.96 bits per heavy atom. The number of nitrogens with zero attached hydrogens (tertiary/aromatic N) is 3. The molecule has 3 nitrogen and oxygen atoms in total. The summed E-state index contributed by atoms with van der Waals surface area (Å²) in [6.45, 7) is 4.70.